The van der Waals surface area contributed by atoms with Gasteiger partial charge in [0.1, 0.15) is 10.6 Å². The minimum atomic E-state index is -3.72. The summed E-state index contributed by atoms with van der Waals surface area (Å²) in [5.74, 6) is 0.646. The van der Waals surface area contributed by atoms with Crippen molar-refractivity contribution in [2.24, 2.45) is 0 Å². The minimum Gasteiger partial charge on any atom is -0.495 e. The summed E-state index contributed by atoms with van der Waals surface area (Å²) in [5.41, 5.74) is 0. The first-order valence-electron chi connectivity index (χ1n) is 5.58. The van der Waals surface area contributed by atoms with Gasteiger partial charge in [0.25, 0.3) is 0 Å². The molecule has 108 valence electrons. The number of halogens is 1. The third kappa shape index (κ3) is 3.44. The zero-order valence-electron chi connectivity index (χ0n) is 10.5. The standard InChI is InChI=1S/C10H12ClN5O3S/c1-19-8-3-2-7(11)6-9(8)20(17,18)12-5-4-10-13-15-16-14-10/h2-3,6,12H,4-5H2,1H3,(H,13,14,15,16). The van der Waals surface area contributed by atoms with E-state index in [1.54, 1.807) is 6.07 Å². The van der Waals surface area contributed by atoms with Crippen molar-refractivity contribution in [1.82, 2.24) is 25.3 Å². The summed E-state index contributed by atoms with van der Waals surface area (Å²) in [6.07, 6.45) is 0.318. The summed E-state index contributed by atoms with van der Waals surface area (Å²) in [6, 6.07) is 4.38. The van der Waals surface area contributed by atoms with Crippen LogP contribution in [0.25, 0.3) is 0 Å². The van der Waals surface area contributed by atoms with Crippen LogP contribution in [0.1, 0.15) is 5.82 Å². The summed E-state index contributed by atoms with van der Waals surface area (Å²) in [6.45, 7) is 0.136. The number of nitrogens with zero attached hydrogens (tertiary/aromatic N) is 3. The Kier molecular flexibility index (Phi) is 4.53. The molecular weight excluding hydrogens is 306 g/mol. The lowest BCUT2D eigenvalue weighted by molar-refractivity contribution is 0.402. The fourth-order valence-corrected chi connectivity index (χ4v) is 2.99. The average molecular weight is 318 g/mol. The third-order valence-corrected chi connectivity index (χ3v) is 4.16. The number of benzene rings is 1. The number of nitrogens with one attached hydrogen (secondary N) is 2. The molecule has 2 aromatic rings. The first kappa shape index (κ1) is 14.7. The lowest BCUT2D eigenvalue weighted by atomic mass is 10.3. The van der Waals surface area contributed by atoms with E-state index < -0.39 is 10.0 Å². The fourth-order valence-electron chi connectivity index (χ4n) is 1.52. The zero-order valence-corrected chi connectivity index (χ0v) is 12.1. The lowest BCUT2D eigenvalue weighted by Gasteiger charge is -2.10. The molecule has 2 N–H and O–H groups in total. The van der Waals surface area contributed by atoms with Crippen molar-refractivity contribution in [1.29, 1.82) is 0 Å². The normalized spacial score (nSPS) is 11.5. The molecule has 0 aliphatic heterocycles. The molecule has 2 rings (SSSR count). The molecule has 1 heterocycles. The maximum absolute atomic E-state index is 12.2. The van der Waals surface area contributed by atoms with Gasteiger partial charge < -0.3 is 4.74 Å². The van der Waals surface area contributed by atoms with Crippen LogP contribution in [0.15, 0.2) is 23.1 Å². The van der Waals surface area contributed by atoms with Gasteiger partial charge in [-0.15, -0.1) is 10.2 Å². The molecule has 0 radical (unpaired) electrons. The summed E-state index contributed by atoms with van der Waals surface area (Å²) < 4.78 is 31.8. The van der Waals surface area contributed by atoms with Crippen molar-refractivity contribution >= 4 is 21.6 Å². The van der Waals surface area contributed by atoms with Crippen LogP contribution in [0.5, 0.6) is 5.75 Å². The molecule has 1 aromatic heterocycles. The Morgan fingerprint density at radius 2 is 2.25 bits per heavy atom. The van der Waals surface area contributed by atoms with Crippen molar-refractivity contribution in [3.63, 3.8) is 0 Å². The van der Waals surface area contributed by atoms with Gasteiger partial charge in [0.05, 0.1) is 7.11 Å². The van der Waals surface area contributed by atoms with Crippen LogP contribution in [0.3, 0.4) is 0 Å². The van der Waals surface area contributed by atoms with E-state index in [0.29, 0.717) is 17.3 Å². The Labute approximate surface area is 120 Å². The number of aromatic amines is 1. The number of ether oxygens (including phenoxy) is 1. The van der Waals surface area contributed by atoms with Gasteiger partial charge in [-0.05, 0) is 18.2 Å². The van der Waals surface area contributed by atoms with Crippen LogP contribution < -0.4 is 9.46 Å². The number of tetrazole rings is 1. The largest absolute Gasteiger partial charge is 0.495 e. The number of sulfonamides is 1. The van der Waals surface area contributed by atoms with Crippen molar-refractivity contribution in [2.75, 3.05) is 13.7 Å². The Hall–Kier alpha value is -1.71. The summed E-state index contributed by atoms with van der Waals surface area (Å²) in [7, 11) is -2.33. The number of aromatic nitrogens is 4. The molecule has 0 amide bonds. The molecule has 0 fully saturated rings. The SMILES string of the molecule is COc1ccc(Cl)cc1S(=O)(=O)NCCc1nn[nH]n1. The van der Waals surface area contributed by atoms with Crippen molar-refractivity contribution < 1.29 is 13.2 Å². The maximum Gasteiger partial charge on any atom is 0.244 e. The minimum absolute atomic E-state index is 0.0133. The Morgan fingerprint density at radius 3 is 2.90 bits per heavy atom. The fraction of sp³-hybridized carbons (Fsp3) is 0.300. The van der Waals surface area contributed by atoms with E-state index >= 15 is 0 Å². The number of hydrogen-bond acceptors (Lipinski definition) is 6. The molecular formula is C10H12ClN5O3S. The van der Waals surface area contributed by atoms with E-state index in [1.165, 1.54) is 19.2 Å². The maximum atomic E-state index is 12.2. The summed E-state index contributed by atoms with van der Waals surface area (Å²) in [5, 5.41) is 13.4. The van der Waals surface area contributed by atoms with Crippen molar-refractivity contribution in [3.8, 4) is 5.75 Å². The summed E-state index contributed by atoms with van der Waals surface area (Å²) >= 11 is 5.81. The van der Waals surface area contributed by atoms with Crippen LogP contribution in [0.2, 0.25) is 5.02 Å². The first-order valence-corrected chi connectivity index (χ1v) is 7.44. The molecule has 10 heteroatoms. The predicted molar refractivity (Wildman–Crippen MR) is 71.1 cm³/mol. The van der Waals surface area contributed by atoms with Gasteiger partial charge in [0, 0.05) is 18.0 Å². The highest BCUT2D eigenvalue weighted by Gasteiger charge is 2.19. The Bertz CT molecular complexity index is 674. The zero-order chi connectivity index (χ0) is 14.6. The highest BCUT2D eigenvalue weighted by Crippen LogP contribution is 2.26. The molecule has 20 heavy (non-hydrogen) atoms. The van der Waals surface area contributed by atoms with Gasteiger partial charge in [-0.1, -0.05) is 16.8 Å². The number of hydrogen-bond donors (Lipinski definition) is 2. The molecule has 1 aromatic carbocycles. The van der Waals surface area contributed by atoms with Crippen LogP contribution in [-0.4, -0.2) is 42.7 Å². The Balaban J connectivity index is 2.11. The van der Waals surface area contributed by atoms with Crippen LogP contribution in [-0.2, 0) is 16.4 Å². The molecule has 0 aliphatic carbocycles. The quantitative estimate of drug-likeness (QED) is 0.797. The van der Waals surface area contributed by atoms with Gasteiger partial charge in [-0.3, -0.25) is 0 Å². The molecule has 0 aliphatic rings. The van der Waals surface area contributed by atoms with Gasteiger partial charge in [0.2, 0.25) is 10.0 Å². The van der Waals surface area contributed by atoms with Crippen LogP contribution in [0.4, 0.5) is 0 Å². The van der Waals surface area contributed by atoms with E-state index in [4.69, 9.17) is 16.3 Å². The van der Waals surface area contributed by atoms with E-state index in [2.05, 4.69) is 25.3 Å². The molecule has 0 saturated carbocycles. The monoisotopic (exact) mass is 317 g/mol. The third-order valence-electron chi connectivity index (χ3n) is 2.45. The van der Waals surface area contributed by atoms with Crippen LogP contribution in [0, 0.1) is 0 Å². The average Bonchev–Trinajstić information content (AvgIpc) is 2.91. The van der Waals surface area contributed by atoms with Gasteiger partial charge >= 0.3 is 0 Å². The van der Waals surface area contributed by atoms with Crippen molar-refractivity contribution in [2.45, 2.75) is 11.3 Å². The molecule has 0 atom stereocenters. The highest BCUT2D eigenvalue weighted by molar-refractivity contribution is 7.89. The smallest absolute Gasteiger partial charge is 0.244 e. The van der Waals surface area contributed by atoms with E-state index in [9.17, 15) is 8.42 Å². The number of methoxy groups -OCH3 is 1. The van der Waals surface area contributed by atoms with Gasteiger partial charge in [-0.25, -0.2) is 13.1 Å². The van der Waals surface area contributed by atoms with Crippen molar-refractivity contribution in [3.05, 3.63) is 29.0 Å². The van der Waals surface area contributed by atoms with E-state index in [1.807, 2.05) is 0 Å². The lowest BCUT2D eigenvalue weighted by Crippen LogP contribution is -2.26. The van der Waals surface area contributed by atoms with Gasteiger partial charge in [0.15, 0.2) is 5.82 Å². The van der Waals surface area contributed by atoms with E-state index in [-0.39, 0.29) is 17.2 Å². The molecule has 0 unspecified atom stereocenters. The molecule has 8 nitrogen and oxygen atoms in total. The second kappa shape index (κ2) is 6.16. The topological polar surface area (TPSA) is 110 Å². The highest BCUT2D eigenvalue weighted by atomic mass is 35.5. The molecule has 0 spiro atoms. The molecule has 0 saturated heterocycles. The number of rotatable bonds is 6. The summed E-state index contributed by atoms with van der Waals surface area (Å²) in [4.78, 5) is -0.0133. The van der Waals surface area contributed by atoms with E-state index in [0.717, 1.165) is 0 Å². The second-order valence-corrected chi connectivity index (χ2v) is 5.94. The second-order valence-electron chi connectivity index (χ2n) is 3.77. The molecule has 0 bridgehead atoms. The predicted octanol–water partition coefficient (Wildman–Crippen LogP) is 0.383. The van der Waals surface area contributed by atoms with Gasteiger partial charge in [-0.2, -0.15) is 5.21 Å². The van der Waals surface area contributed by atoms with Crippen LogP contribution >= 0.6 is 11.6 Å². The number of H-pyrrole nitrogens is 1. The Morgan fingerprint density at radius 1 is 1.45 bits per heavy atom. The first-order chi connectivity index (χ1) is 9.53.